The minimum Gasteiger partial charge on any atom is -0.497 e. The number of rotatable bonds is 5. The number of fused-ring (bicyclic) bond motifs is 2. The molecule has 9 nitrogen and oxygen atoms in total. The van der Waals surface area contributed by atoms with Gasteiger partial charge in [0.05, 0.1) is 18.7 Å². The number of nitrogens with zero attached hydrogens (tertiary/aromatic N) is 3. The highest BCUT2D eigenvalue weighted by molar-refractivity contribution is 7.16. The number of piperazine rings is 1. The second-order valence-corrected chi connectivity index (χ2v) is 10.0. The Hall–Kier alpha value is -3.79. The van der Waals surface area contributed by atoms with Crippen molar-refractivity contribution in [1.82, 2.24) is 9.88 Å². The summed E-state index contributed by atoms with van der Waals surface area (Å²) < 4.78 is 15.9. The largest absolute Gasteiger partial charge is 0.497 e. The van der Waals surface area contributed by atoms with Gasteiger partial charge >= 0.3 is 0 Å². The van der Waals surface area contributed by atoms with Crippen LogP contribution in [0.2, 0.25) is 0 Å². The summed E-state index contributed by atoms with van der Waals surface area (Å²) in [6.45, 7) is 3.08. The molecule has 3 aliphatic rings. The van der Waals surface area contributed by atoms with Crippen LogP contribution < -0.4 is 24.4 Å². The summed E-state index contributed by atoms with van der Waals surface area (Å²) in [7, 11) is 1.66. The van der Waals surface area contributed by atoms with E-state index >= 15 is 0 Å². The van der Waals surface area contributed by atoms with Crippen molar-refractivity contribution < 1.29 is 23.8 Å². The number of thiazole rings is 1. The third-order valence-corrected chi connectivity index (χ3v) is 7.95. The summed E-state index contributed by atoms with van der Waals surface area (Å²) in [4.78, 5) is 36.1. The third kappa shape index (κ3) is 4.21. The summed E-state index contributed by atoms with van der Waals surface area (Å²) >= 11 is 1.45. The fourth-order valence-electron chi connectivity index (χ4n) is 4.93. The molecule has 1 saturated heterocycles. The number of methoxy groups -OCH3 is 1. The van der Waals surface area contributed by atoms with E-state index in [0.717, 1.165) is 47.9 Å². The molecule has 3 aromatic rings. The van der Waals surface area contributed by atoms with E-state index in [1.807, 2.05) is 29.2 Å². The lowest BCUT2D eigenvalue weighted by atomic mass is 10.1. The van der Waals surface area contributed by atoms with Crippen LogP contribution in [-0.2, 0) is 11.2 Å². The van der Waals surface area contributed by atoms with Gasteiger partial charge in [-0.1, -0.05) is 0 Å². The highest BCUT2D eigenvalue weighted by atomic mass is 32.1. The summed E-state index contributed by atoms with van der Waals surface area (Å²) in [5, 5.41) is 3.40. The molecule has 6 rings (SSSR count). The molecule has 0 saturated carbocycles. The first-order chi connectivity index (χ1) is 17.6. The maximum atomic E-state index is 13.4. The molecule has 1 fully saturated rings. The second kappa shape index (κ2) is 9.34. The molecule has 1 atom stereocenters. The summed E-state index contributed by atoms with van der Waals surface area (Å²) in [6, 6.07) is 13.1. The normalized spacial score (nSPS) is 18.2. The fraction of sp³-hybridized carbons (Fsp3) is 0.346. The van der Waals surface area contributed by atoms with Gasteiger partial charge in [-0.25, -0.2) is 4.98 Å². The monoisotopic (exact) mass is 506 g/mol. The number of amides is 2. The topological polar surface area (TPSA) is 93.2 Å². The number of nitrogens with one attached hydrogen (secondary N) is 1. The number of carbonyl (C=O) groups excluding carboxylic acids is 2. The van der Waals surface area contributed by atoms with E-state index in [1.165, 1.54) is 11.3 Å². The number of hydrogen-bond donors (Lipinski definition) is 1. The van der Waals surface area contributed by atoms with E-state index in [4.69, 9.17) is 14.2 Å². The van der Waals surface area contributed by atoms with Gasteiger partial charge in [0.25, 0.3) is 5.91 Å². The molecule has 2 amide bonds. The van der Waals surface area contributed by atoms with Crippen LogP contribution in [0.15, 0.2) is 42.5 Å². The molecule has 1 N–H and O–H groups in total. The number of aryl methyl sites for hydroxylation is 1. The Morgan fingerprint density at radius 3 is 2.61 bits per heavy atom. The highest BCUT2D eigenvalue weighted by Crippen LogP contribution is 2.40. The van der Waals surface area contributed by atoms with Crippen molar-refractivity contribution in [2.24, 2.45) is 0 Å². The summed E-state index contributed by atoms with van der Waals surface area (Å²) in [5.41, 5.74) is 2.41. The van der Waals surface area contributed by atoms with Crippen LogP contribution in [0.4, 0.5) is 10.8 Å². The predicted molar refractivity (Wildman–Crippen MR) is 135 cm³/mol. The van der Waals surface area contributed by atoms with Crippen LogP contribution in [0.25, 0.3) is 0 Å². The van der Waals surface area contributed by atoms with Gasteiger partial charge in [-0.05, 0) is 55.3 Å². The molecule has 36 heavy (non-hydrogen) atoms. The molecular formula is C26H26N4O5S. The Balaban J connectivity index is 1.08. The Kier molecular flexibility index (Phi) is 5.88. The zero-order valence-electron chi connectivity index (χ0n) is 19.9. The number of benzene rings is 2. The van der Waals surface area contributed by atoms with Crippen LogP contribution >= 0.6 is 11.3 Å². The first kappa shape index (κ1) is 22.7. The molecule has 0 radical (unpaired) electrons. The van der Waals surface area contributed by atoms with Crippen molar-refractivity contribution in [3.05, 3.63) is 58.6 Å². The van der Waals surface area contributed by atoms with Crippen LogP contribution in [0.1, 0.15) is 33.3 Å². The van der Waals surface area contributed by atoms with Crippen LogP contribution in [0.3, 0.4) is 0 Å². The van der Waals surface area contributed by atoms with Crippen molar-refractivity contribution >= 4 is 34.0 Å². The first-order valence-corrected chi connectivity index (χ1v) is 12.8. The number of carbonyl (C=O) groups is 2. The number of hydrogen-bond acceptors (Lipinski definition) is 8. The van der Waals surface area contributed by atoms with Gasteiger partial charge < -0.3 is 24.0 Å². The van der Waals surface area contributed by atoms with Crippen LogP contribution in [-0.4, -0.2) is 61.8 Å². The minimum absolute atomic E-state index is 0.127. The number of aromatic nitrogens is 1. The molecule has 0 spiro atoms. The Bertz CT molecular complexity index is 1300. The van der Waals surface area contributed by atoms with Gasteiger partial charge in [-0.15, -0.1) is 11.3 Å². The quantitative estimate of drug-likeness (QED) is 0.566. The lowest BCUT2D eigenvalue weighted by Crippen LogP contribution is -2.50. The van der Waals surface area contributed by atoms with E-state index in [9.17, 15) is 9.59 Å². The Labute approximate surface area is 212 Å². The lowest BCUT2D eigenvalue weighted by Gasteiger charge is -2.37. The zero-order valence-corrected chi connectivity index (χ0v) is 20.7. The van der Waals surface area contributed by atoms with Gasteiger partial charge in [0.2, 0.25) is 12.7 Å². The standard InChI is InChI=1S/C26H26N4O5S/c1-33-18-5-3-17(4-6-18)29-10-12-30(13-11-29)25(32)19-7-9-22-23(19)27-26(36-22)28-24(31)16-2-8-20-21(14-16)35-15-34-20/h2-6,8,14,19H,7,9-13,15H2,1H3,(H,27,28,31). The third-order valence-electron chi connectivity index (χ3n) is 6.90. The van der Waals surface area contributed by atoms with Crippen molar-refractivity contribution in [1.29, 1.82) is 0 Å². The molecule has 2 aliphatic heterocycles. The molecule has 3 heterocycles. The average Bonchev–Trinajstić information content (AvgIpc) is 3.64. The van der Waals surface area contributed by atoms with E-state index in [2.05, 4.69) is 15.2 Å². The molecule has 186 valence electrons. The van der Waals surface area contributed by atoms with E-state index in [1.54, 1.807) is 25.3 Å². The minimum atomic E-state index is -0.266. The maximum Gasteiger partial charge on any atom is 0.257 e. The maximum absolute atomic E-state index is 13.4. The molecular weight excluding hydrogens is 480 g/mol. The average molecular weight is 507 g/mol. The zero-order chi connectivity index (χ0) is 24.6. The number of ether oxygens (including phenoxy) is 3. The van der Waals surface area contributed by atoms with Gasteiger partial charge in [-0.3, -0.25) is 14.9 Å². The molecule has 0 bridgehead atoms. The lowest BCUT2D eigenvalue weighted by molar-refractivity contribution is -0.133. The second-order valence-electron chi connectivity index (χ2n) is 8.95. The highest BCUT2D eigenvalue weighted by Gasteiger charge is 2.36. The van der Waals surface area contributed by atoms with Gasteiger partial charge in [0, 0.05) is 42.3 Å². The molecule has 10 heteroatoms. The predicted octanol–water partition coefficient (Wildman–Crippen LogP) is 3.51. The van der Waals surface area contributed by atoms with Gasteiger partial charge in [0.1, 0.15) is 5.75 Å². The summed E-state index contributed by atoms with van der Waals surface area (Å²) in [5.74, 6) is 1.63. The molecule has 1 aromatic heterocycles. The van der Waals surface area contributed by atoms with Crippen LogP contribution in [0, 0.1) is 0 Å². The number of anilines is 2. The van der Waals surface area contributed by atoms with Crippen molar-refractivity contribution in [2.75, 3.05) is 50.3 Å². The van der Waals surface area contributed by atoms with Gasteiger partial charge in [0.15, 0.2) is 16.6 Å². The summed E-state index contributed by atoms with van der Waals surface area (Å²) in [6.07, 6.45) is 1.57. The van der Waals surface area contributed by atoms with E-state index in [0.29, 0.717) is 35.3 Å². The van der Waals surface area contributed by atoms with Crippen LogP contribution in [0.5, 0.6) is 17.2 Å². The van der Waals surface area contributed by atoms with E-state index < -0.39 is 0 Å². The SMILES string of the molecule is COc1ccc(N2CCN(C(=O)C3CCc4sc(NC(=O)c5ccc6c(c5)OCO6)nc43)CC2)cc1. The Morgan fingerprint density at radius 1 is 1.06 bits per heavy atom. The molecule has 1 aliphatic carbocycles. The molecule has 2 aromatic carbocycles. The van der Waals surface area contributed by atoms with E-state index in [-0.39, 0.29) is 24.5 Å². The van der Waals surface area contributed by atoms with Gasteiger partial charge in [-0.2, -0.15) is 0 Å². The smallest absolute Gasteiger partial charge is 0.257 e. The molecule has 1 unspecified atom stereocenters. The fourth-order valence-corrected chi connectivity index (χ4v) is 5.96. The first-order valence-electron chi connectivity index (χ1n) is 12.0. The van der Waals surface area contributed by atoms with Crippen molar-refractivity contribution in [3.8, 4) is 17.2 Å². The Morgan fingerprint density at radius 2 is 1.83 bits per heavy atom. The van der Waals surface area contributed by atoms with Crippen molar-refractivity contribution in [2.45, 2.75) is 18.8 Å². The van der Waals surface area contributed by atoms with Crippen molar-refractivity contribution in [3.63, 3.8) is 0 Å².